The summed E-state index contributed by atoms with van der Waals surface area (Å²) in [5, 5.41) is 12.2. The van der Waals surface area contributed by atoms with Gasteiger partial charge in [0.1, 0.15) is 5.75 Å². The molecule has 0 heterocycles. The molecule has 0 saturated heterocycles. The Kier molecular flexibility index (Phi) is 5.30. The first kappa shape index (κ1) is 18.4. The summed E-state index contributed by atoms with van der Waals surface area (Å²) < 4.78 is 24.6. The van der Waals surface area contributed by atoms with Crippen molar-refractivity contribution >= 4 is 27.3 Å². The summed E-state index contributed by atoms with van der Waals surface area (Å²) >= 11 is 5.98. The Bertz CT molecular complexity index is 979. The first-order valence-corrected chi connectivity index (χ1v) is 10.3. The number of nitrogens with one attached hydrogen (secondary N) is 1. The van der Waals surface area contributed by atoms with Crippen molar-refractivity contribution in [3.05, 3.63) is 69.7 Å². The zero-order valence-electron chi connectivity index (χ0n) is 13.9. The molecule has 2 aromatic carbocycles. The molecular weight excluding hydrogens is 372 g/mol. The molecule has 0 aromatic heterocycles. The second-order valence-electron chi connectivity index (χ2n) is 6.34. The van der Waals surface area contributed by atoms with Crippen LogP contribution < -0.4 is 5.32 Å². The number of nitriles is 1. The van der Waals surface area contributed by atoms with E-state index < -0.39 is 21.5 Å². The number of sulfone groups is 1. The van der Waals surface area contributed by atoms with E-state index in [1.165, 1.54) is 0 Å². The van der Waals surface area contributed by atoms with Crippen LogP contribution in [0.5, 0.6) is 0 Å². The molecule has 1 unspecified atom stereocenters. The SMILES string of the molecule is N#Cc1ccc(CS(=O)(=O)CC(=O)NC2CCc3cc(Cl)ccc32)cc1. The van der Waals surface area contributed by atoms with Gasteiger partial charge in [0.2, 0.25) is 5.91 Å². The second kappa shape index (κ2) is 7.48. The van der Waals surface area contributed by atoms with Crippen molar-refractivity contribution in [3.63, 3.8) is 0 Å². The van der Waals surface area contributed by atoms with Gasteiger partial charge in [-0.1, -0.05) is 29.8 Å². The largest absolute Gasteiger partial charge is 0.348 e. The van der Waals surface area contributed by atoms with E-state index in [0.29, 0.717) is 16.1 Å². The predicted octanol–water partition coefficient (Wildman–Crippen LogP) is 2.93. The number of fused-ring (bicyclic) bond motifs is 1. The first-order chi connectivity index (χ1) is 12.4. The highest BCUT2D eigenvalue weighted by Gasteiger charge is 2.26. The van der Waals surface area contributed by atoms with Crippen LogP contribution in [0.4, 0.5) is 0 Å². The predicted molar refractivity (Wildman–Crippen MR) is 99.3 cm³/mol. The highest BCUT2D eigenvalue weighted by Crippen LogP contribution is 2.32. The van der Waals surface area contributed by atoms with Crippen molar-refractivity contribution in [3.8, 4) is 6.07 Å². The summed E-state index contributed by atoms with van der Waals surface area (Å²) in [5.74, 6) is -1.30. The van der Waals surface area contributed by atoms with Crippen molar-refractivity contribution in [1.82, 2.24) is 5.32 Å². The van der Waals surface area contributed by atoms with Crippen molar-refractivity contribution in [2.45, 2.75) is 24.6 Å². The number of nitrogens with zero attached hydrogens (tertiary/aromatic N) is 1. The summed E-state index contributed by atoms with van der Waals surface area (Å²) in [6.07, 6.45) is 1.54. The van der Waals surface area contributed by atoms with Gasteiger partial charge in [0.25, 0.3) is 0 Å². The van der Waals surface area contributed by atoms with Crippen molar-refractivity contribution in [1.29, 1.82) is 5.26 Å². The minimum Gasteiger partial charge on any atom is -0.348 e. The minimum absolute atomic E-state index is 0.181. The number of rotatable bonds is 5. The smallest absolute Gasteiger partial charge is 0.235 e. The van der Waals surface area contributed by atoms with Crippen LogP contribution in [0.25, 0.3) is 0 Å². The Morgan fingerprint density at radius 1 is 1.23 bits per heavy atom. The van der Waals surface area contributed by atoms with E-state index in [1.54, 1.807) is 30.3 Å². The van der Waals surface area contributed by atoms with Gasteiger partial charge in [0.15, 0.2) is 9.84 Å². The highest BCUT2D eigenvalue weighted by atomic mass is 35.5. The Balaban J connectivity index is 1.62. The van der Waals surface area contributed by atoms with Crippen molar-refractivity contribution in [2.24, 2.45) is 0 Å². The fraction of sp³-hybridized carbons (Fsp3) is 0.263. The van der Waals surface area contributed by atoms with Gasteiger partial charge in [-0.25, -0.2) is 8.42 Å². The van der Waals surface area contributed by atoms with Crippen molar-refractivity contribution in [2.75, 3.05) is 5.75 Å². The molecule has 7 heteroatoms. The van der Waals surface area contributed by atoms with E-state index in [1.807, 2.05) is 18.2 Å². The molecule has 0 saturated carbocycles. The standard InChI is InChI=1S/C19H17ClN2O3S/c20-16-6-7-17-15(9-16)5-8-18(17)22-19(23)12-26(24,25)11-14-3-1-13(10-21)2-4-14/h1-4,6-7,9,18H,5,8,11-12H2,(H,22,23). The molecule has 1 amide bonds. The summed E-state index contributed by atoms with van der Waals surface area (Å²) in [4.78, 5) is 12.2. The lowest BCUT2D eigenvalue weighted by Gasteiger charge is -2.14. The van der Waals surface area contributed by atoms with E-state index in [4.69, 9.17) is 16.9 Å². The quantitative estimate of drug-likeness (QED) is 0.853. The van der Waals surface area contributed by atoms with Crippen LogP contribution in [0.1, 0.15) is 34.7 Å². The van der Waals surface area contributed by atoms with Crippen LogP contribution in [0.3, 0.4) is 0 Å². The van der Waals surface area contributed by atoms with Gasteiger partial charge in [0.05, 0.1) is 23.4 Å². The lowest BCUT2D eigenvalue weighted by molar-refractivity contribution is -0.119. The Hall–Kier alpha value is -2.36. The van der Waals surface area contributed by atoms with E-state index >= 15 is 0 Å². The van der Waals surface area contributed by atoms with Crippen LogP contribution in [0, 0.1) is 11.3 Å². The third kappa shape index (κ3) is 4.43. The maximum atomic E-state index is 12.3. The maximum absolute atomic E-state index is 12.3. The third-order valence-electron chi connectivity index (χ3n) is 4.34. The summed E-state index contributed by atoms with van der Waals surface area (Å²) in [7, 11) is -3.60. The summed E-state index contributed by atoms with van der Waals surface area (Å²) in [6.45, 7) is 0. The van der Waals surface area contributed by atoms with Gasteiger partial charge in [-0.05, 0) is 53.8 Å². The Morgan fingerprint density at radius 3 is 2.65 bits per heavy atom. The van der Waals surface area contributed by atoms with Gasteiger partial charge >= 0.3 is 0 Å². The summed E-state index contributed by atoms with van der Waals surface area (Å²) in [5.41, 5.74) is 3.09. The number of aryl methyl sites for hydroxylation is 1. The van der Waals surface area contributed by atoms with Crippen LogP contribution in [0.15, 0.2) is 42.5 Å². The van der Waals surface area contributed by atoms with Gasteiger partial charge in [-0.3, -0.25) is 4.79 Å². The average molecular weight is 389 g/mol. The number of hydrogen-bond donors (Lipinski definition) is 1. The lowest BCUT2D eigenvalue weighted by Crippen LogP contribution is -2.33. The average Bonchev–Trinajstić information content (AvgIpc) is 2.96. The first-order valence-electron chi connectivity index (χ1n) is 8.13. The molecule has 0 bridgehead atoms. The van der Waals surface area contributed by atoms with E-state index in [0.717, 1.165) is 24.0 Å². The van der Waals surface area contributed by atoms with Crippen LogP contribution >= 0.6 is 11.6 Å². The van der Waals surface area contributed by atoms with Crippen molar-refractivity contribution < 1.29 is 13.2 Å². The molecule has 0 aliphatic heterocycles. The molecule has 1 aliphatic rings. The van der Waals surface area contributed by atoms with Crippen LogP contribution in [-0.2, 0) is 26.8 Å². The molecule has 0 fully saturated rings. The molecular formula is C19H17ClN2O3S. The summed E-state index contributed by atoms with van der Waals surface area (Å²) in [6, 6.07) is 13.6. The molecule has 2 aromatic rings. The Morgan fingerprint density at radius 2 is 1.96 bits per heavy atom. The Labute approximate surface area is 157 Å². The monoisotopic (exact) mass is 388 g/mol. The number of hydrogen-bond acceptors (Lipinski definition) is 4. The molecule has 0 spiro atoms. The zero-order valence-corrected chi connectivity index (χ0v) is 15.5. The fourth-order valence-corrected chi connectivity index (χ4v) is 4.63. The van der Waals surface area contributed by atoms with Gasteiger partial charge in [-0.15, -0.1) is 0 Å². The lowest BCUT2D eigenvalue weighted by atomic mass is 10.1. The van der Waals surface area contributed by atoms with Gasteiger partial charge in [-0.2, -0.15) is 5.26 Å². The topological polar surface area (TPSA) is 87.0 Å². The van der Waals surface area contributed by atoms with E-state index in [-0.39, 0.29) is 11.8 Å². The number of halogens is 1. The van der Waals surface area contributed by atoms with Gasteiger partial charge in [0, 0.05) is 5.02 Å². The molecule has 3 rings (SSSR count). The normalized spacial score (nSPS) is 15.9. The molecule has 1 atom stereocenters. The molecule has 134 valence electrons. The minimum atomic E-state index is -3.60. The fourth-order valence-electron chi connectivity index (χ4n) is 3.15. The van der Waals surface area contributed by atoms with Gasteiger partial charge < -0.3 is 5.32 Å². The van der Waals surface area contributed by atoms with Crippen LogP contribution in [0.2, 0.25) is 5.02 Å². The van der Waals surface area contributed by atoms with E-state index in [9.17, 15) is 13.2 Å². The number of carbonyl (C=O) groups excluding carboxylic acids is 1. The molecule has 26 heavy (non-hydrogen) atoms. The third-order valence-corrected chi connectivity index (χ3v) is 6.05. The number of carbonyl (C=O) groups is 1. The zero-order chi connectivity index (χ0) is 18.7. The van der Waals surface area contributed by atoms with E-state index in [2.05, 4.69) is 5.32 Å². The van der Waals surface area contributed by atoms with Crippen LogP contribution in [-0.4, -0.2) is 20.1 Å². The second-order valence-corrected chi connectivity index (χ2v) is 8.84. The molecule has 1 N–H and O–H groups in total. The highest BCUT2D eigenvalue weighted by molar-refractivity contribution is 7.91. The molecule has 0 radical (unpaired) electrons. The maximum Gasteiger partial charge on any atom is 0.235 e. The number of benzene rings is 2. The molecule has 1 aliphatic carbocycles. The molecule has 5 nitrogen and oxygen atoms in total. The number of amides is 1.